The molecule has 0 bridgehead atoms. The van der Waals surface area contributed by atoms with Crippen molar-refractivity contribution in [1.82, 2.24) is 0 Å². The zero-order valence-electron chi connectivity index (χ0n) is 5.73. The van der Waals surface area contributed by atoms with Crippen LogP contribution in [0, 0.1) is 16.0 Å². The Hall–Kier alpha value is -1.12. The average molecular weight is 139 g/mol. The first-order valence-electron chi connectivity index (χ1n) is 3.20. The fraction of sp³-hybridized carbons (Fsp3) is 0.429. The van der Waals surface area contributed by atoms with E-state index in [1.807, 2.05) is 19.1 Å². The van der Waals surface area contributed by atoms with Gasteiger partial charge in [-0.25, -0.2) is 0 Å². The molecule has 3 heteroatoms. The molecule has 0 saturated heterocycles. The summed E-state index contributed by atoms with van der Waals surface area (Å²) in [7, 11) is 0. The molecule has 0 saturated carbocycles. The summed E-state index contributed by atoms with van der Waals surface area (Å²) >= 11 is 0. The molecule has 0 aromatic carbocycles. The Morgan fingerprint density at radius 3 is 2.20 bits per heavy atom. The summed E-state index contributed by atoms with van der Waals surface area (Å²) in [5.41, 5.74) is 0. The minimum atomic E-state index is -0.601. The Balaban J connectivity index is 2.62. The molecule has 54 valence electrons. The van der Waals surface area contributed by atoms with Crippen molar-refractivity contribution in [2.75, 3.05) is 0 Å². The largest absolute Gasteiger partial charge is 0.264 e. The highest BCUT2D eigenvalue weighted by molar-refractivity contribution is 5.13. The second-order valence-corrected chi connectivity index (χ2v) is 2.40. The summed E-state index contributed by atoms with van der Waals surface area (Å²) in [5, 5.41) is 10.2. The number of nitro groups is 1. The summed E-state index contributed by atoms with van der Waals surface area (Å²) in [4.78, 5) is 9.86. The van der Waals surface area contributed by atoms with Gasteiger partial charge in [0.25, 0.3) is 0 Å². The maximum absolute atomic E-state index is 10.2. The van der Waals surface area contributed by atoms with E-state index < -0.39 is 6.04 Å². The molecule has 0 aromatic rings. The Kier molecular flexibility index (Phi) is 1.85. The van der Waals surface area contributed by atoms with Crippen LogP contribution in [0.3, 0.4) is 0 Å². The first kappa shape index (κ1) is 6.99. The van der Waals surface area contributed by atoms with Crippen LogP contribution in [0.25, 0.3) is 0 Å². The van der Waals surface area contributed by atoms with Crippen molar-refractivity contribution in [2.24, 2.45) is 5.92 Å². The smallest absolute Gasteiger partial charge is 0.249 e. The Labute approximate surface area is 59.2 Å². The molecule has 0 unspecified atom stereocenters. The Morgan fingerprint density at radius 2 is 1.80 bits per heavy atom. The van der Waals surface area contributed by atoms with Crippen molar-refractivity contribution < 1.29 is 4.92 Å². The summed E-state index contributed by atoms with van der Waals surface area (Å²) in [6.07, 6.45) is 6.91. The molecule has 0 amide bonds. The van der Waals surface area contributed by atoms with Crippen LogP contribution in [0.15, 0.2) is 24.3 Å². The van der Waals surface area contributed by atoms with Crippen molar-refractivity contribution in [3.05, 3.63) is 34.4 Å². The first-order chi connectivity index (χ1) is 4.70. The van der Waals surface area contributed by atoms with Crippen molar-refractivity contribution in [1.29, 1.82) is 0 Å². The Morgan fingerprint density at radius 1 is 1.30 bits per heavy atom. The molecular weight excluding hydrogens is 130 g/mol. The second kappa shape index (κ2) is 2.64. The summed E-state index contributed by atoms with van der Waals surface area (Å²) < 4.78 is 0. The van der Waals surface area contributed by atoms with Gasteiger partial charge in [-0.15, -0.1) is 0 Å². The van der Waals surface area contributed by atoms with Crippen LogP contribution >= 0.6 is 0 Å². The van der Waals surface area contributed by atoms with Gasteiger partial charge in [0.05, 0.1) is 0 Å². The van der Waals surface area contributed by atoms with E-state index in [0.717, 1.165) is 0 Å². The van der Waals surface area contributed by atoms with Gasteiger partial charge >= 0.3 is 0 Å². The lowest BCUT2D eigenvalue weighted by Crippen LogP contribution is -2.15. The lowest BCUT2D eigenvalue weighted by molar-refractivity contribution is -0.496. The van der Waals surface area contributed by atoms with E-state index in [9.17, 15) is 10.1 Å². The van der Waals surface area contributed by atoms with E-state index in [0.29, 0.717) is 5.92 Å². The monoisotopic (exact) mass is 139 g/mol. The van der Waals surface area contributed by atoms with E-state index >= 15 is 0 Å². The van der Waals surface area contributed by atoms with E-state index in [1.54, 1.807) is 12.2 Å². The van der Waals surface area contributed by atoms with Crippen LogP contribution in [-0.2, 0) is 0 Å². The van der Waals surface area contributed by atoms with Gasteiger partial charge < -0.3 is 0 Å². The quantitative estimate of drug-likeness (QED) is 0.313. The molecule has 0 atom stereocenters. The van der Waals surface area contributed by atoms with Gasteiger partial charge in [-0.3, -0.25) is 10.1 Å². The van der Waals surface area contributed by atoms with E-state index in [1.165, 1.54) is 0 Å². The van der Waals surface area contributed by atoms with Crippen LogP contribution in [0.5, 0.6) is 0 Å². The molecule has 1 aliphatic carbocycles. The summed E-state index contributed by atoms with van der Waals surface area (Å²) in [6.45, 7) is 1.99. The molecule has 3 nitrogen and oxygen atoms in total. The standard InChI is InChI=1S/C7H9NO2/c1-6-2-4-7(5-3-6)8(9)10/h2-7H,1H3. The van der Waals surface area contributed by atoms with Gasteiger partial charge in [0.1, 0.15) is 0 Å². The summed E-state index contributed by atoms with van der Waals surface area (Å²) in [5.74, 6) is 0.344. The number of allylic oxidation sites excluding steroid dienone is 2. The molecule has 0 radical (unpaired) electrons. The minimum Gasteiger partial charge on any atom is -0.264 e. The van der Waals surface area contributed by atoms with Crippen LogP contribution in [0.4, 0.5) is 0 Å². The highest BCUT2D eigenvalue weighted by Gasteiger charge is 2.14. The highest BCUT2D eigenvalue weighted by Crippen LogP contribution is 2.09. The van der Waals surface area contributed by atoms with Gasteiger partial charge in [0.15, 0.2) is 0 Å². The zero-order chi connectivity index (χ0) is 7.56. The van der Waals surface area contributed by atoms with Gasteiger partial charge in [-0.05, 0) is 18.1 Å². The topological polar surface area (TPSA) is 43.1 Å². The molecule has 0 spiro atoms. The third-order valence-electron chi connectivity index (χ3n) is 1.47. The maximum Gasteiger partial charge on any atom is 0.249 e. The van der Waals surface area contributed by atoms with Crippen molar-refractivity contribution in [3.8, 4) is 0 Å². The minimum absolute atomic E-state index is 0.307. The fourth-order valence-electron chi connectivity index (χ4n) is 0.847. The lowest BCUT2D eigenvalue weighted by Gasteiger charge is -2.06. The van der Waals surface area contributed by atoms with Gasteiger partial charge in [0, 0.05) is 4.92 Å². The molecule has 1 rings (SSSR count). The fourth-order valence-corrected chi connectivity index (χ4v) is 0.847. The second-order valence-electron chi connectivity index (χ2n) is 2.40. The number of rotatable bonds is 1. The average Bonchev–Trinajstić information content (AvgIpc) is 1.88. The molecule has 0 heterocycles. The summed E-state index contributed by atoms with van der Waals surface area (Å²) in [6, 6.07) is -0.601. The van der Waals surface area contributed by atoms with Gasteiger partial charge in [0.2, 0.25) is 6.04 Å². The molecule has 0 fully saturated rings. The van der Waals surface area contributed by atoms with E-state index in [-0.39, 0.29) is 4.92 Å². The number of nitrogens with zero attached hydrogens (tertiary/aromatic N) is 1. The van der Waals surface area contributed by atoms with Crippen LogP contribution in [0.2, 0.25) is 0 Å². The molecule has 0 aromatic heterocycles. The third-order valence-corrected chi connectivity index (χ3v) is 1.47. The third kappa shape index (κ3) is 1.43. The van der Waals surface area contributed by atoms with Crippen molar-refractivity contribution >= 4 is 0 Å². The normalized spacial score (nSPS) is 30.5. The predicted molar refractivity (Wildman–Crippen MR) is 38.2 cm³/mol. The van der Waals surface area contributed by atoms with Gasteiger partial charge in [-0.1, -0.05) is 19.1 Å². The van der Waals surface area contributed by atoms with Crippen LogP contribution in [0.1, 0.15) is 6.92 Å². The van der Waals surface area contributed by atoms with E-state index in [2.05, 4.69) is 0 Å². The zero-order valence-corrected chi connectivity index (χ0v) is 5.73. The molecule has 0 N–H and O–H groups in total. The van der Waals surface area contributed by atoms with Gasteiger partial charge in [-0.2, -0.15) is 0 Å². The SMILES string of the molecule is CC1C=CC([N+](=O)[O-])C=C1. The number of hydrogen-bond donors (Lipinski definition) is 0. The first-order valence-corrected chi connectivity index (χ1v) is 3.20. The lowest BCUT2D eigenvalue weighted by atomic mass is 10.0. The van der Waals surface area contributed by atoms with Crippen LogP contribution in [-0.4, -0.2) is 11.0 Å². The van der Waals surface area contributed by atoms with Crippen molar-refractivity contribution in [2.45, 2.75) is 13.0 Å². The molecule has 1 aliphatic rings. The molecule has 10 heavy (non-hydrogen) atoms. The van der Waals surface area contributed by atoms with E-state index in [4.69, 9.17) is 0 Å². The predicted octanol–water partition coefficient (Wildman–Crippen LogP) is 1.39. The van der Waals surface area contributed by atoms with Crippen molar-refractivity contribution in [3.63, 3.8) is 0 Å². The highest BCUT2D eigenvalue weighted by atomic mass is 16.6. The maximum atomic E-state index is 10.2. The van der Waals surface area contributed by atoms with Crippen LogP contribution < -0.4 is 0 Å². The Bertz CT molecular complexity index is 182. The number of hydrogen-bond acceptors (Lipinski definition) is 2. The molecular formula is C7H9NO2. The molecule has 0 aliphatic heterocycles.